The molecule has 0 saturated carbocycles. The van der Waals surface area contributed by atoms with Gasteiger partial charge in [-0.3, -0.25) is 33.6 Å². The van der Waals surface area contributed by atoms with Crippen molar-refractivity contribution in [3.63, 3.8) is 0 Å². The van der Waals surface area contributed by atoms with E-state index >= 15 is 0 Å². The maximum atomic E-state index is 14.1. The number of alkyl carbamates (subject to hydrolysis) is 1. The monoisotopic (exact) mass is 889 g/mol. The van der Waals surface area contributed by atoms with Gasteiger partial charge >= 0.3 is 35.9 Å². The minimum atomic E-state index is -1.73. The number of nitrogens with one attached hydrogen (secondary N) is 3. The Kier molecular flexibility index (Phi) is 17.3. The summed E-state index contributed by atoms with van der Waals surface area (Å²) in [7, 11) is 1.33. The number of hydrogen-bond donors (Lipinski definition) is 3. The molecule has 0 spiro atoms. The van der Waals surface area contributed by atoms with Gasteiger partial charge in [0, 0.05) is 47.1 Å². The van der Waals surface area contributed by atoms with Gasteiger partial charge in [-0.2, -0.15) is 0 Å². The average molecular weight is 890 g/mol. The summed E-state index contributed by atoms with van der Waals surface area (Å²) in [5.41, 5.74) is 4.55. The van der Waals surface area contributed by atoms with Crippen LogP contribution in [0.15, 0.2) is 78.9 Å². The molecule has 1 saturated heterocycles. The molecule has 3 aromatic carbocycles. The van der Waals surface area contributed by atoms with E-state index in [0.29, 0.717) is 0 Å². The van der Waals surface area contributed by atoms with Crippen LogP contribution in [0.1, 0.15) is 63.1 Å². The lowest BCUT2D eigenvalue weighted by atomic mass is 9.98. The molecule has 3 N–H and O–H groups in total. The maximum absolute atomic E-state index is 14.1. The number of fused-ring (bicyclic) bond motifs is 3. The first kappa shape index (κ1) is 48.2. The highest BCUT2D eigenvalue weighted by Crippen LogP contribution is 2.44. The molecule has 0 aromatic heterocycles. The molecule has 0 unspecified atom stereocenters. The molecule has 342 valence electrons. The van der Waals surface area contributed by atoms with E-state index in [1.807, 2.05) is 54.6 Å². The highest BCUT2D eigenvalue weighted by Gasteiger charge is 2.53. The van der Waals surface area contributed by atoms with Gasteiger partial charge < -0.3 is 53.8 Å². The zero-order valence-corrected chi connectivity index (χ0v) is 35.9. The standard InChI is InChI=1S/C45H51N3O16/c1-25(49)57-24-37-39(61-26(2)50)40(62-27(3)51)41(63-28(4)52)44(64-37)59-23-36(43(55)47-35(42(54)46-5)19-20-38(53)58-21-29-13-7-6-8-14-29)48-45(56)60-22-34-32-17-11-9-15-30(32)31-16-10-12-18-33(31)34/h6-18,34-37,39-41,44H,19-24H2,1-5H3,(H,46,54)(H,47,55)(H,48,56)/t35-,36+,37+,39+,40-,41-,44-/m0/s1. The van der Waals surface area contributed by atoms with Crippen molar-refractivity contribution in [3.05, 3.63) is 95.6 Å². The topological polar surface area (TPSA) is 246 Å². The summed E-state index contributed by atoms with van der Waals surface area (Å²) < 4.78 is 44.5. The molecular formula is C45H51N3O16. The second kappa shape index (κ2) is 23.0. The molecular weight excluding hydrogens is 838 g/mol. The normalized spacial score (nSPS) is 19.5. The lowest BCUT2D eigenvalue weighted by Crippen LogP contribution is -2.63. The fraction of sp³-hybridized carbons (Fsp3) is 0.422. The Balaban J connectivity index is 1.38. The first-order valence-corrected chi connectivity index (χ1v) is 20.4. The molecule has 0 radical (unpaired) electrons. The summed E-state index contributed by atoms with van der Waals surface area (Å²) in [6, 6.07) is 21.3. The molecule has 0 bridgehead atoms. The third kappa shape index (κ3) is 13.3. The van der Waals surface area contributed by atoms with Gasteiger partial charge in [0.2, 0.25) is 11.8 Å². The van der Waals surface area contributed by atoms with Gasteiger partial charge in [-0.15, -0.1) is 0 Å². The summed E-state index contributed by atoms with van der Waals surface area (Å²) in [6.07, 6.45) is -9.40. The van der Waals surface area contributed by atoms with E-state index in [1.54, 1.807) is 24.3 Å². The average Bonchev–Trinajstić information content (AvgIpc) is 3.58. The van der Waals surface area contributed by atoms with Crippen molar-refractivity contribution >= 4 is 47.8 Å². The van der Waals surface area contributed by atoms with Crippen LogP contribution in [0.4, 0.5) is 4.79 Å². The van der Waals surface area contributed by atoms with Crippen LogP contribution in [0.2, 0.25) is 0 Å². The highest BCUT2D eigenvalue weighted by atomic mass is 16.7. The van der Waals surface area contributed by atoms with Crippen LogP contribution in [-0.4, -0.2) is 117 Å². The lowest BCUT2D eigenvalue weighted by Gasteiger charge is -2.44. The number of amides is 3. The number of ether oxygens (including phenoxy) is 8. The van der Waals surface area contributed by atoms with Gasteiger partial charge in [0.1, 0.15) is 38.0 Å². The number of esters is 5. The summed E-state index contributed by atoms with van der Waals surface area (Å²) in [4.78, 5) is 102. The van der Waals surface area contributed by atoms with Crippen molar-refractivity contribution in [2.75, 3.05) is 26.9 Å². The van der Waals surface area contributed by atoms with Crippen LogP contribution in [0, 0.1) is 0 Å². The molecule has 3 aromatic rings. The highest BCUT2D eigenvalue weighted by molar-refractivity contribution is 5.91. The van der Waals surface area contributed by atoms with Crippen LogP contribution >= 0.6 is 0 Å². The fourth-order valence-electron chi connectivity index (χ4n) is 7.27. The molecule has 1 aliphatic heterocycles. The number of rotatable bonds is 19. The van der Waals surface area contributed by atoms with E-state index in [-0.39, 0.29) is 32.0 Å². The van der Waals surface area contributed by atoms with E-state index in [0.717, 1.165) is 55.5 Å². The van der Waals surface area contributed by atoms with Crippen LogP contribution in [0.5, 0.6) is 0 Å². The zero-order valence-electron chi connectivity index (χ0n) is 35.9. The number of hydrogen-bond acceptors (Lipinski definition) is 16. The molecule has 2 aliphatic rings. The predicted octanol–water partition coefficient (Wildman–Crippen LogP) is 2.75. The Morgan fingerprint density at radius 2 is 1.19 bits per heavy atom. The lowest BCUT2D eigenvalue weighted by molar-refractivity contribution is -0.308. The minimum absolute atomic E-state index is 0.0145. The molecule has 19 nitrogen and oxygen atoms in total. The van der Waals surface area contributed by atoms with Crippen molar-refractivity contribution in [3.8, 4) is 11.1 Å². The van der Waals surface area contributed by atoms with Gasteiger partial charge in [-0.05, 0) is 34.2 Å². The number of carbonyl (C=O) groups excluding carboxylic acids is 8. The Morgan fingerprint density at radius 3 is 1.78 bits per heavy atom. The van der Waals surface area contributed by atoms with Crippen LogP contribution < -0.4 is 16.0 Å². The number of carbonyl (C=O) groups is 8. The minimum Gasteiger partial charge on any atom is -0.463 e. The number of likely N-dealkylation sites (N-methyl/N-ethyl adjacent to an activating group) is 1. The van der Waals surface area contributed by atoms with Crippen LogP contribution in [0.25, 0.3) is 11.1 Å². The summed E-state index contributed by atoms with van der Waals surface area (Å²) in [5.74, 6) is -6.03. The van der Waals surface area contributed by atoms with E-state index in [2.05, 4.69) is 16.0 Å². The summed E-state index contributed by atoms with van der Waals surface area (Å²) in [5, 5.41) is 7.45. The maximum Gasteiger partial charge on any atom is 0.407 e. The van der Waals surface area contributed by atoms with Crippen molar-refractivity contribution in [2.45, 2.75) is 95.9 Å². The fourth-order valence-corrected chi connectivity index (χ4v) is 7.27. The van der Waals surface area contributed by atoms with Crippen LogP contribution in [-0.2, 0) is 78.1 Å². The van der Waals surface area contributed by atoms with E-state index in [9.17, 15) is 38.4 Å². The van der Waals surface area contributed by atoms with Crippen molar-refractivity contribution in [2.24, 2.45) is 0 Å². The smallest absolute Gasteiger partial charge is 0.407 e. The predicted molar refractivity (Wildman–Crippen MR) is 221 cm³/mol. The second-order valence-corrected chi connectivity index (χ2v) is 14.8. The third-order valence-electron chi connectivity index (χ3n) is 10.1. The van der Waals surface area contributed by atoms with Crippen molar-refractivity contribution in [1.82, 2.24) is 16.0 Å². The molecule has 7 atom stereocenters. The van der Waals surface area contributed by atoms with Crippen molar-refractivity contribution in [1.29, 1.82) is 0 Å². The van der Waals surface area contributed by atoms with Gasteiger partial charge in [0.05, 0.1) is 6.61 Å². The Hall–Kier alpha value is -6.86. The van der Waals surface area contributed by atoms with E-state index < -0.39 is 104 Å². The molecule has 3 amide bonds. The molecule has 1 heterocycles. The van der Waals surface area contributed by atoms with Gasteiger partial charge in [0.15, 0.2) is 24.6 Å². The number of benzene rings is 3. The van der Waals surface area contributed by atoms with Crippen molar-refractivity contribution < 1.29 is 76.3 Å². The molecule has 1 fully saturated rings. The molecule has 19 heteroatoms. The van der Waals surface area contributed by atoms with Gasteiger partial charge in [-0.25, -0.2) is 4.79 Å². The molecule has 64 heavy (non-hydrogen) atoms. The van der Waals surface area contributed by atoms with E-state index in [1.165, 1.54) is 7.05 Å². The first-order chi connectivity index (χ1) is 30.6. The quantitative estimate of drug-likeness (QED) is 0.116. The Labute approximate surface area is 368 Å². The van der Waals surface area contributed by atoms with Gasteiger partial charge in [0.25, 0.3) is 0 Å². The molecule has 1 aliphatic carbocycles. The first-order valence-electron chi connectivity index (χ1n) is 20.4. The third-order valence-corrected chi connectivity index (χ3v) is 10.1. The zero-order chi connectivity index (χ0) is 46.3. The largest absolute Gasteiger partial charge is 0.463 e. The van der Waals surface area contributed by atoms with Crippen LogP contribution in [0.3, 0.4) is 0 Å². The molecule has 5 rings (SSSR count). The SMILES string of the molecule is CNC(=O)[C@H](CCC(=O)OCc1ccccc1)NC(=O)[C@@H](CO[C@H]1O[C@H](COC(C)=O)[C@@H](OC(C)=O)[C@H](OC(C)=O)[C@@H]1OC(C)=O)NC(=O)OCC1c2ccccc2-c2ccccc21. The Bertz CT molecular complexity index is 2120. The van der Waals surface area contributed by atoms with Gasteiger partial charge in [-0.1, -0.05) is 78.9 Å². The Morgan fingerprint density at radius 1 is 0.609 bits per heavy atom. The van der Waals surface area contributed by atoms with E-state index in [4.69, 9.17) is 37.9 Å². The second-order valence-electron chi connectivity index (χ2n) is 14.8. The summed E-state index contributed by atoms with van der Waals surface area (Å²) >= 11 is 0. The summed E-state index contributed by atoms with van der Waals surface area (Å²) in [6.45, 7) is 2.78.